The van der Waals surface area contributed by atoms with Crippen molar-refractivity contribution in [2.24, 2.45) is 24.2 Å². The van der Waals surface area contributed by atoms with E-state index in [1.807, 2.05) is 30.1 Å². The molecule has 2 heterocycles. The van der Waals surface area contributed by atoms with Gasteiger partial charge in [-0.2, -0.15) is 0 Å². The Labute approximate surface area is 165 Å². The fourth-order valence-corrected chi connectivity index (χ4v) is 3.48. The van der Waals surface area contributed by atoms with Gasteiger partial charge in [-0.3, -0.25) is 4.90 Å². The van der Waals surface area contributed by atoms with Crippen molar-refractivity contribution in [2.45, 2.75) is 19.5 Å². The number of nitrogens with two attached hydrogens (primary N) is 3. The van der Waals surface area contributed by atoms with Gasteiger partial charge in [-0.25, -0.2) is 4.98 Å². The number of hydrogen-bond acceptors (Lipinski definition) is 7. The van der Waals surface area contributed by atoms with Gasteiger partial charge < -0.3 is 31.8 Å². The van der Waals surface area contributed by atoms with E-state index < -0.39 is 0 Å². The molecule has 1 aromatic carbocycles. The van der Waals surface area contributed by atoms with Crippen molar-refractivity contribution in [1.29, 1.82) is 0 Å². The van der Waals surface area contributed by atoms with Crippen LogP contribution in [0.25, 0.3) is 5.70 Å². The highest BCUT2D eigenvalue weighted by Crippen LogP contribution is 2.24. The Morgan fingerprint density at radius 1 is 1.25 bits per heavy atom. The first-order valence-electron chi connectivity index (χ1n) is 9.32. The second kappa shape index (κ2) is 8.26. The SMILES string of the molecule is CC1CN(C(/C=C(\N)c2ccccc2O)=C(N)N)CCN1Cc1nccn1C. The molecule has 28 heavy (non-hydrogen) atoms. The van der Waals surface area contributed by atoms with E-state index in [0.29, 0.717) is 23.0 Å². The fraction of sp³-hybridized carbons (Fsp3) is 0.350. The molecule has 1 unspecified atom stereocenters. The van der Waals surface area contributed by atoms with Crippen LogP contribution in [0.3, 0.4) is 0 Å². The van der Waals surface area contributed by atoms with Crippen LogP contribution in [0.4, 0.5) is 0 Å². The Bertz CT molecular complexity index is 882. The highest BCUT2D eigenvalue weighted by atomic mass is 16.3. The molecule has 0 spiro atoms. The first kappa shape index (κ1) is 19.6. The molecule has 150 valence electrons. The number of imidazole rings is 1. The Balaban J connectivity index is 1.74. The minimum atomic E-state index is 0.124. The highest BCUT2D eigenvalue weighted by molar-refractivity contribution is 5.69. The van der Waals surface area contributed by atoms with E-state index in [1.54, 1.807) is 24.3 Å². The van der Waals surface area contributed by atoms with Gasteiger partial charge in [-0.1, -0.05) is 12.1 Å². The number of piperazine rings is 1. The van der Waals surface area contributed by atoms with Crippen LogP contribution < -0.4 is 17.2 Å². The van der Waals surface area contributed by atoms with Crippen LogP contribution in [0.5, 0.6) is 5.75 Å². The lowest BCUT2D eigenvalue weighted by Crippen LogP contribution is -2.51. The van der Waals surface area contributed by atoms with Gasteiger partial charge in [0.1, 0.15) is 17.4 Å². The van der Waals surface area contributed by atoms with Crippen molar-refractivity contribution in [3.63, 3.8) is 0 Å². The number of allylic oxidation sites excluding steroid dienone is 1. The van der Waals surface area contributed by atoms with Crippen molar-refractivity contribution in [3.8, 4) is 5.75 Å². The number of nitrogens with zero attached hydrogens (tertiary/aromatic N) is 4. The Hall–Kier alpha value is -3.13. The predicted molar refractivity (Wildman–Crippen MR) is 110 cm³/mol. The van der Waals surface area contributed by atoms with Gasteiger partial charge in [0.2, 0.25) is 0 Å². The molecule has 1 aliphatic heterocycles. The monoisotopic (exact) mass is 383 g/mol. The molecule has 1 fully saturated rings. The lowest BCUT2D eigenvalue weighted by atomic mass is 10.1. The largest absolute Gasteiger partial charge is 0.507 e. The predicted octanol–water partition coefficient (Wildman–Crippen LogP) is 0.718. The molecule has 0 bridgehead atoms. The van der Waals surface area contributed by atoms with E-state index in [0.717, 1.165) is 32.0 Å². The molecule has 1 saturated heterocycles. The van der Waals surface area contributed by atoms with Crippen molar-refractivity contribution in [1.82, 2.24) is 19.4 Å². The smallest absolute Gasteiger partial charge is 0.124 e. The van der Waals surface area contributed by atoms with Gasteiger partial charge in [-0.15, -0.1) is 0 Å². The fourth-order valence-electron chi connectivity index (χ4n) is 3.48. The Morgan fingerprint density at radius 3 is 2.61 bits per heavy atom. The number of aromatic nitrogens is 2. The third kappa shape index (κ3) is 4.23. The Morgan fingerprint density at radius 2 is 2.00 bits per heavy atom. The summed E-state index contributed by atoms with van der Waals surface area (Å²) in [5.74, 6) is 1.38. The van der Waals surface area contributed by atoms with Crippen molar-refractivity contribution < 1.29 is 5.11 Å². The van der Waals surface area contributed by atoms with Gasteiger partial charge >= 0.3 is 0 Å². The Kier molecular flexibility index (Phi) is 5.79. The van der Waals surface area contributed by atoms with Crippen molar-refractivity contribution in [3.05, 3.63) is 65.6 Å². The first-order chi connectivity index (χ1) is 13.4. The van der Waals surface area contributed by atoms with Crippen LogP contribution in [-0.4, -0.2) is 50.1 Å². The summed E-state index contributed by atoms with van der Waals surface area (Å²) in [5.41, 5.74) is 19.8. The van der Waals surface area contributed by atoms with Crippen LogP contribution in [-0.2, 0) is 13.6 Å². The van der Waals surface area contributed by atoms with E-state index in [-0.39, 0.29) is 11.6 Å². The average Bonchev–Trinajstić information content (AvgIpc) is 3.06. The summed E-state index contributed by atoms with van der Waals surface area (Å²) in [7, 11) is 2.01. The second-order valence-corrected chi connectivity index (χ2v) is 7.18. The molecule has 8 heteroatoms. The van der Waals surface area contributed by atoms with Gasteiger partial charge in [0.15, 0.2) is 0 Å². The molecule has 0 aliphatic carbocycles. The number of phenolic OH excluding ortho intramolecular Hbond substituents is 1. The van der Waals surface area contributed by atoms with Gasteiger partial charge in [-0.05, 0) is 25.1 Å². The molecule has 0 amide bonds. The quantitative estimate of drug-likeness (QED) is 0.561. The van der Waals surface area contributed by atoms with Gasteiger partial charge in [0.05, 0.1) is 12.2 Å². The maximum Gasteiger partial charge on any atom is 0.124 e. The molecular formula is C20H29N7O. The molecule has 1 aliphatic rings. The number of aryl methyl sites for hydroxylation is 1. The summed E-state index contributed by atoms with van der Waals surface area (Å²) in [6.45, 7) is 5.37. The zero-order valence-corrected chi connectivity index (χ0v) is 16.4. The molecule has 1 atom stereocenters. The second-order valence-electron chi connectivity index (χ2n) is 7.18. The summed E-state index contributed by atoms with van der Waals surface area (Å²) < 4.78 is 2.04. The lowest BCUT2D eigenvalue weighted by Gasteiger charge is -2.41. The van der Waals surface area contributed by atoms with E-state index in [4.69, 9.17) is 17.2 Å². The summed E-state index contributed by atoms with van der Waals surface area (Å²) in [5, 5.41) is 10.0. The number of benzene rings is 1. The summed E-state index contributed by atoms with van der Waals surface area (Å²) in [6, 6.07) is 7.23. The van der Waals surface area contributed by atoms with E-state index >= 15 is 0 Å². The molecule has 7 N–H and O–H groups in total. The van der Waals surface area contributed by atoms with Gasteiger partial charge in [0.25, 0.3) is 0 Å². The summed E-state index contributed by atoms with van der Waals surface area (Å²) in [6.07, 6.45) is 5.52. The molecule has 0 radical (unpaired) electrons. The maximum atomic E-state index is 10.0. The normalized spacial score (nSPS) is 18.3. The molecule has 8 nitrogen and oxygen atoms in total. The van der Waals surface area contributed by atoms with E-state index in [1.165, 1.54) is 0 Å². The topological polar surface area (TPSA) is 123 Å². The van der Waals surface area contributed by atoms with Crippen LogP contribution in [0.15, 0.2) is 54.3 Å². The maximum absolute atomic E-state index is 10.0. The molecular weight excluding hydrogens is 354 g/mol. The van der Waals surface area contributed by atoms with Crippen LogP contribution in [0.2, 0.25) is 0 Å². The zero-order chi connectivity index (χ0) is 20.3. The van der Waals surface area contributed by atoms with Crippen LogP contribution in [0, 0.1) is 0 Å². The number of rotatable bonds is 5. The molecule has 1 aromatic heterocycles. The summed E-state index contributed by atoms with van der Waals surface area (Å²) in [4.78, 5) is 8.95. The number of para-hydroxylation sites is 1. The highest BCUT2D eigenvalue weighted by Gasteiger charge is 2.26. The van der Waals surface area contributed by atoms with Crippen molar-refractivity contribution >= 4 is 5.70 Å². The third-order valence-corrected chi connectivity index (χ3v) is 5.17. The van der Waals surface area contributed by atoms with Gasteiger partial charge in [0, 0.05) is 56.4 Å². The number of phenols is 1. The minimum Gasteiger partial charge on any atom is -0.507 e. The lowest BCUT2D eigenvalue weighted by molar-refractivity contribution is 0.0961. The first-order valence-corrected chi connectivity index (χ1v) is 9.32. The third-order valence-electron chi connectivity index (χ3n) is 5.17. The van der Waals surface area contributed by atoms with Crippen molar-refractivity contribution in [2.75, 3.05) is 19.6 Å². The van der Waals surface area contributed by atoms with Crippen LogP contribution in [0.1, 0.15) is 18.3 Å². The zero-order valence-electron chi connectivity index (χ0n) is 16.4. The molecule has 2 aromatic rings. The number of hydrogen-bond donors (Lipinski definition) is 4. The van der Waals surface area contributed by atoms with Crippen LogP contribution >= 0.6 is 0 Å². The average molecular weight is 384 g/mol. The minimum absolute atomic E-state index is 0.124. The molecule has 3 rings (SSSR count). The molecule has 0 saturated carbocycles. The number of aromatic hydroxyl groups is 1. The van der Waals surface area contributed by atoms with E-state index in [2.05, 4.69) is 21.7 Å². The summed E-state index contributed by atoms with van der Waals surface area (Å²) >= 11 is 0. The standard InChI is InChI=1S/C20H29N7O/c1-14-12-27(10-9-26(14)13-19-24-7-8-25(19)2)17(20(22)23)11-16(21)15-5-3-4-6-18(15)28/h3-8,11,14,28H,9-10,12-13,21-23H2,1-2H3/b16-11-. The van der Waals surface area contributed by atoms with E-state index in [9.17, 15) is 5.11 Å².